The summed E-state index contributed by atoms with van der Waals surface area (Å²) in [5.41, 5.74) is 0.894. The average molecular weight is 503 g/mol. The first-order valence-electron chi connectivity index (χ1n) is 9.47. The van der Waals surface area contributed by atoms with E-state index >= 15 is 0 Å². The SMILES string of the molecule is N#Cc1cc(S(=O)(=O)Nc2ncns2)ccc1Cc1ccc(C(F)(F)F)cc1-c1ccnnc1. The van der Waals surface area contributed by atoms with Crippen LogP contribution in [-0.4, -0.2) is 28.0 Å². The third-order valence-electron chi connectivity index (χ3n) is 4.81. The lowest BCUT2D eigenvalue weighted by molar-refractivity contribution is -0.137. The Hall–Kier alpha value is -3.89. The van der Waals surface area contributed by atoms with Crippen LogP contribution in [0.25, 0.3) is 11.1 Å². The van der Waals surface area contributed by atoms with Crippen molar-refractivity contribution in [2.24, 2.45) is 0 Å². The normalized spacial score (nSPS) is 11.7. The maximum atomic E-state index is 13.3. The zero-order chi connectivity index (χ0) is 24.3. The molecule has 0 atom stereocenters. The first-order chi connectivity index (χ1) is 16.2. The molecule has 0 aliphatic rings. The van der Waals surface area contributed by atoms with Crippen LogP contribution < -0.4 is 4.72 Å². The van der Waals surface area contributed by atoms with Crippen LogP contribution in [0.3, 0.4) is 0 Å². The van der Waals surface area contributed by atoms with E-state index in [0.717, 1.165) is 23.7 Å². The average Bonchev–Trinajstić information content (AvgIpc) is 3.31. The Labute approximate surface area is 196 Å². The Morgan fingerprint density at radius 1 is 1.06 bits per heavy atom. The molecule has 0 spiro atoms. The van der Waals surface area contributed by atoms with Gasteiger partial charge in [-0.1, -0.05) is 12.1 Å². The van der Waals surface area contributed by atoms with Gasteiger partial charge in [0.15, 0.2) is 0 Å². The molecule has 1 N–H and O–H groups in total. The van der Waals surface area contributed by atoms with E-state index in [1.54, 1.807) is 0 Å². The second kappa shape index (κ2) is 9.16. The van der Waals surface area contributed by atoms with E-state index in [-0.39, 0.29) is 27.6 Å². The maximum Gasteiger partial charge on any atom is 0.416 e. The smallest absolute Gasteiger partial charge is 0.253 e. The summed E-state index contributed by atoms with van der Waals surface area (Å²) in [6.07, 6.45) is -0.541. The lowest BCUT2D eigenvalue weighted by atomic mass is 9.92. The van der Waals surface area contributed by atoms with E-state index < -0.39 is 21.8 Å². The van der Waals surface area contributed by atoms with Crippen molar-refractivity contribution in [1.29, 1.82) is 5.26 Å². The number of hydrogen-bond acceptors (Lipinski definition) is 8. The number of nitriles is 1. The standard InChI is InChI=1S/C21H13F3N6O2S2/c22-21(23,24)17-3-1-14(19(9-17)15-5-6-27-28-11-15)7-13-2-4-18(8-16(13)10-25)34(31,32)30-20-26-12-29-33-20/h1-6,8-9,11-12H,7H2,(H,26,29,30). The summed E-state index contributed by atoms with van der Waals surface area (Å²) in [5, 5.41) is 17.1. The summed E-state index contributed by atoms with van der Waals surface area (Å²) in [5.74, 6) is 0. The van der Waals surface area contributed by atoms with Crippen molar-refractivity contribution in [3.63, 3.8) is 0 Å². The highest BCUT2D eigenvalue weighted by Crippen LogP contribution is 2.35. The van der Waals surface area contributed by atoms with Crippen molar-refractivity contribution in [1.82, 2.24) is 19.6 Å². The van der Waals surface area contributed by atoms with Gasteiger partial charge in [-0.3, -0.25) is 4.72 Å². The Kier molecular flexibility index (Phi) is 6.27. The molecule has 34 heavy (non-hydrogen) atoms. The monoisotopic (exact) mass is 502 g/mol. The molecular formula is C21H13F3N6O2S2. The summed E-state index contributed by atoms with van der Waals surface area (Å²) in [7, 11) is -4.01. The van der Waals surface area contributed by atoms with Crippen LogP contribution >= 0.6 is 11.5 Å². The molecule has 172 valence electrons. The first kappa shape index (κ1) is 23.3. The highest BCUT2D eigenvalue weighted by atomic mass is 32.2. The van der Waals surface area contributed by atoms with Gasteiger partial charge in [0.1, 0.15) is 6.33 Å². The topological polar surface area (TPSA) is 122 Å². The molecule has 0 unspecified atom stereocenters. The van der Waals surface area contributed by atoms with Gasteiger partial charge in [-0.15, -0.1) is 0 Å². The Bertz CT molecular complexity index is 1470. The van der Waals surface area contributed by atoms with Crippen LogP contribution in [0, 0.1) is 11.3 Å². The summed E-state index contributed by atoms with van der Waals surface area (Å²) >= 11 is 0.856. The number of aromatic nitrogens is 4. The predicted octanol–water partition coefficient (Wildman–Crippen LogP) is 4.28. The molecule has 0 aliphatic carbocycles. The molecule has 8 nitrogen and oxygen atoms in total. The maximum absolute atomic E-state index is 13.3. The van der Waals surface area contributed by atoms with Crippen molar-refractivity contribution < 1.29 is 21.6 Å². The van der Waals surface area contributed by atoms with Crippen LogP contribution in [0.1, 0.15) is 22.3 Å². The highest BCUT2D eigenvalue weighted by Gasteiger charge is 2.31. The summed E-state index contributed by atoms with van der Waals surface area (Å²) in [4.78, 5) is 3.61. The molecule has 2 aromatic heterocycles. The van der Waals surface area contributed by atoms with Crippen LogP contribution in [0.2, 0.25) is 0 Å². The molecular weight excluding hydrogens is 489 g/mol. The van der Waals surface area contributed by atoms with Gasteiger partial charge in [0, 0.05) is 17.1 Å². The first-order valence-corrected chi connectivity index (χ1v) is 11.7. The molecule has 2 aromatic carbocycles. The van der Waals surface area contributed by atoms with E-state index in [2.05, 4.69) is 24.3 Å². The second-order valence-corrected chi connectivity index (χ2v) is 9.42. The van der Waals surface area contributed by atoms with E-state index in [0.29, 0.717) is 16.7 Å². The molecule has 13 heteroatoms. The zero-order valence-electron chi connectivity index (χ0n) is 17.0. The van der Waals surface area contributed by atoms with Gasteiger partial charge in [0.05, 0.1) is 34.5 Å². The number of anilines is 1. The van der Waals surface area contributed by atoms with Gasteiger partial charge in [-0.25, -0.2) is 13.4 Å². The van der Waals surface area contributed by atoms with Crippen molar-refractivity contribution >= 4 is 26.7 Å². The van der Waals surface area contributed by atoms with E-state index in [1.165, 1.54) is 49.1 Å². The lowest BCUT2D eigenvalue weighted by Gasteiger charge is -2.15. The number of hydrogen-bond donors (Lipinski definition) is 1. The van der Waals surface area contributed by atoms with Gasteiger partial charge in [-0.05, 0) is 53.4 Å². The third kappa shape index (κ3) is 5.03. The van der Waals surface area contributed by atoms with Crippen molar-refractivity contribution in [2.45, 2.75) is 17.5 Å². The molecule has 0 aliphatic heterocycles. The zero-order valence-corrected chi connectivity index (χ0v) is 18.6. The van der Waals surface area contributed by atoms with Crippen LogP contribution in [-0.2, 0) is 22.6 Å². The summed E-state index contributed by atoms with van der Waals surface area (Å²) in [6.45, 7) is 0. The Balaban J connectivity index is 1.72. The number of nitrogens with zero attached hydrogens (tertiary/aromatic N) is 5. The van der Waals surface area contributed by atoms with E-state index in [1.807, 2.05) is 6.07 Å². The number of benzene rings is 2. The quantitative estimate of drug-likeness (QED) is 0.418. The van der Waals surface area contributed by atoms with Gasteiger partial charge in [0.25, 0.3) is 10.0 Å². The molecule has 0 radical (unpaired) electrons. The lowest BCUT2D eigenvalue weighted by Crippen LogP contribution is -2.13. The van der Waals surface area contributed by atoms with Crippen LogP contribution in [0.15, 0.2) is 66.1 Å². The van der Waals surface area contributed by atoms with Crippen LogP contribution in [0.5, 0.6) is 0 Å². The molecule has 0 bridgehead atoms. The van der Waals surface area contributed by atoms with E-state index in [9.17, 15) is 26.9 Å². The predicted molar refractivity (Wildman–Crippen MR) is 117 cm³/mol. The molecule has 0 saturated carbocycles. The van der Waals surface area contributed by atoms with Crippen LogP contribution in [0.4, 0.5) is 18.3 Å². The van der Waals surface area contributed by atoms with Gasteiger partial charge in [0.2, 0.25) is 5.13 Å². The fourth-order valence-corrected chi connectivity index (χ4v) is 4.89. The number of sulfonamides is 1. The number of halogens is 3. The summed E-state index contributed by atoms with van der Waals surface area (Å²) < 4.78 is 71.1. The second-order valence-electron chi connectivity index (χ2n) is 6.96. The summed E-state index contributed by atoms with van der Waals surface area (Å²) in [6, 6.07) is 10.8. The minimum absolute atomic E-state index is 0.0684. The van der Waals surface area contributed by atoms with Gasteiger partial charge in [-0.2, -0.15) is 33.0 Å². The number of nitrogens with one attached hydrogen (secondary N) is 1. The van der Waals surface area contributed by atoms with Crippen molar-refractivity contribution in [3.8, 4) is 17.2 Å². The molecule has 4 rings (SSSR count). The Morgan fingerprint density at radius 3 is 2.50 bits per heavy atom. The number of alkyl halides is 3. The Morgan fingerprint density at radius 2 is 1.85 bits per heavy atom. The molecule has 4 aromatic rings. The molecule has 0 amide bonds. The molecule has 2 heterocycles. The third-order valence-corrected chi connectivity index (χ3v) is 6.85. The fourth-order valence-electron chi connectivity index (χ4n) is 3.20. The fraction of sp³-hybridized carbons (Fsp3) is 0.0952. The number of rotatable bonds is 6. The van der Waals surface area contributed by atoms with Gasteiger partial charge >= 0.3 is 6.18 Å². The minimum atomic E-state index is -4.54. The van der Waals surface area contributed by atoms with Gasteiger partial charge < -0.3 is 0 Å². The minimum Gasteiger partial charge on any atom is -0.253 e. The van der Waals surface area contributed by atoms with Crippen molar-refractivity contribution in [2.75, 3.05) is 4.72 Å². The molecule has 0 saturated heterocycles. The van der Waals surface area contributed by atoms with E-state index in [4.69, 9.17) is 0 Å². The molecule has 0 fully saturated rings. The van der Waals surface area contributed by atoms with Crippen molar-refractivity contribution in [3.05, 3.63) is 83.4 Å². The largest absolute Gasteiger partial charge is 0.416 e. The highest BCUT2D eigenvalue weighted by molar-refractivity contribution is 7.93.